The summed E-state index contributed by atoms with van der Waals surface area (Å²) in [7, 11) is 0. The third-order valence-electron chi connectivity index (χ3n) is 2.28. The molecule has 0 saturated carbocycles. The number of aromatic hydroxyl groups is 1. The minimum atomic E-state index is -0.669. The fourth-order valence-corrected chi connectivity index (χ4v) is 1.85. The lowest BCUT2D eigenvalue weighted by molar-refractivity contribution is 0.455. The molecule has 1 aromatic rings. The topological polar surface area (TPSA) is 44.0 Å². The highest BCUT2D eigenvalue weighted by Gasteiger charge is 2.26. The van der Waals surface area contributed by atoms with E-state index in [9.17, 15) is 5.11 Å². The van der Waals surface area contributed by atoms with Crippen molar-refractivity contribution in [2.75, 3.05) is 0 Å². The van der Waals surface area contributed by atoms with Crippen LogP contribution in [0, 0.1) is 18.3 Å². The van der Waals surface area contributed by atoms with Crippen LogP contribution in [0.4, 0.5) is 0 Å². The van der Waals surface area contributed by atoms with Gasteiger partial charge in [0.1, 0.15) is 5.75 Å². The number of phenols is 1. The van der Waals surface area contributed by atoms with E-state index in [0.717, 1.165) is 10.0 Å². The molecule has 0 heterocycles. The van der Waals surface area contributed by atoms with E-state index in [4.69, 9.17) is 5.26 Å². The molecule has 0 aliphatic rings. The van der Waals surface area contributed by atoms with Gasteiger partial charge < -0.3 is 5.11 Å². The zero-order chi connectivity index (χ0) is 10.9. The van der Waals surface area contributed by atoms with E-state index in [1.807, 2.05) is 6.92 Å². The van der Waals surface area contributed by atoms with Gasteiger partial charge in [-0.2, -0.15) is 5.26 Å². The smallest absolute Gasteiger partial charge is 0.120 e. The number of nitriles is 1. The Hall–Kier alpha value is -1.01. The number of benzene rings is 1. The Morgan fingerprint density at radius 1 is 1.43 bits per heavy atom. The molecular formula is C11H12BrNO. The lowest BCUT2D eigenvalue weighted by atomic mass is 9.83. The van der Waals surface area contributed by atoms with Crippen LogP contribution in [-0.4, -0.2) is 5.11 Å². The Balaban J connectivity index is 3.49. The number of rotatable bonds is 1. The molecule has 0 radical (unpaired) electrons. The second-order valence-electron chi connectivity index (χ2n) is 3.80. The van der Waals surface area contributed by atoms with Gasteiger partial charge in [-0.15, -0.1) is 0 Å². The molecule has 0 saturated heterocycles. The monoisotopic (exact) mass is 253 g/mol. The van der Waals surface area contributed by atoms with Gasteiger partial charge in [-0.1, -0.05) is 15.9 Å². The molecule has 0 aliphatic carbocycles. The lowest BCUT2D eigenvalue weighted by Gasteiger charge is -2.20. The van der Waals surface area contributed by atoms with Crippen molar-refractivity contribution in [1.82, 2.24) is 0 Å². The van der Waals surface area contributed by atoms with Crippen molar-refractivity contribution >= 4 is 15.9 Å². The Morgan fingerprint density at radius 3 is 2.50 bits per heavy atom. The van der Waals surface area contributed by atoms with Gasteiger partial charge in [-0.3, -0.25) is 0 Å². The number of hydrogen-bond acceptors (Lipinski definition) is 2. The minimum Gasteiger partial charge on any atom is -0.508 e. The Bertz CT molecular complexity index is 404. The highest BCUT2D eigenvalue weighted by molar-refractivity contribution is 9.10. The molecular weight excluding hydrogens is 242 g/mol. The first-order chi connectivity index (χ1) is 6.40. The number of hydrogen-bond donors (Lipinski definition) is 1. The molecule has 1 N–H and O–H groups in total. The van der Waals surface area contributed by atoms with Crippen LogP contribution in [0.2, 0.25) is 0 Å². The first-order valence-electron chi connectivity index (χ1n) is 4.30. The maximum absolute atomic E-state index is 9.71. The second kappa shape index (κ2) is 3.62. The van der Waals surface area contributed by atoms with Crippen molar-refractivity contribution in [2.45, 2.75) is 26.2 Å². The van der Waals surface area contributed by atoms with Gasteiger partial charge in [0.2, 0.25) is 0 Å². The molecule has 0 amide bonds. The Morgan fingerprint density at radius 2 is 2.00 bits per heavy atom. The standard InChI is InChI=1S/C11H12BrNO/c1-7-8(12)4-5-9(14)10(7)11(2,3)6-13/h4-5,14H,1-3H3. The van der Waals surface area contributed by atoms with Gasteiger partial charge in [-0.05, 0) is 38.5 Å². The predicted molar refractivity (Wildman–Crippen MR) is 59.2 cm³/mol. The highest BCUT2D eigenvalue weighted by atomic mass is 79.9. The number of phenolic OH excluding ortho intramolecular Hbond substituents is 1. The van der Waals surface area contributed by atoms with Crippen molar-refractivity contribution < 1.29 is 5.11 Å². The Kier molecular flexibility index (Phi) is 2.86. The van der Waals surface area contributed by atoms with E-state index >= 15 is 0 Å². The molecule has 14 heavy (non-hydrogen) atoms. The van der Waals surface area contributed by atoms with Crippen LogP contribution in [0.5, 0.6) is 5.75 Å². The highest BCUT2D eigenvalue weighted by Crippen LogP contribution is 2.36. The van der Waals surface area contributed by atoms with E-state index in [0.29, 0.717) is 5.56 Å². The van der Waals surface area contributed by atoms with E-state index in [2.05, 4.69) is 22.0 Å². The summed E-state index contributed by atoms with van der Waals surface area (Å²) in [5.74, 6) is 0.178. The van der Waals surface area contributed by atoms with E-state index < -0.39 is 5.41 Å². The van der Waals surface area contributed by atoms with E-state index in [1.165, 1.54) is 0 Å². The van der Waals surface area contributed by atoms with E-state index in [-0.39, 0.29) is 5.75 Å². The van der Waals surface area contributed by atoms with Crippen molar-refractivity contribution in [1.29, 1.82) is 5.26 Å². The summed E-state index contributed by atoms with van der Waals surface area (Å²) in [4.78, 5) is 0. The van der Waals surface area contributed by atoms with Crippen LogP contribution in [0.3, 0.4) is 0 Å². The summed E-state index contributed by atoms with van der Waals surface area (Å²) in [6.45, 7) is 5.47. The Labute approximate surface area is 92.3 Å². The van der Waals surface area contributed by atoms with Crippen LogP contribution < -0.4 is 0 Å². The predicted octanol–water partition coefficient (Wildman–Crippen LogP) is 3.26. The van der Waals surface area contributed by atoms with Crippen molar-refractivity contribution in [2.24, 2.45) is 0 Å². The summed E-state index contributed by atoms with van der Waals surface area (Å²) >= 11 is 3.38. The van der Waals surface area contributed by atoms with Crippen LogP contribution in [0.15, 0.2) is 16.6 Å². The summed E-state index contributed by atoms with van der Waals surface area (Å²) in [6, 6.07) is 5.57. The number of nitrogens with zero attached hydrogens (tertiary/aromatic N) is 1. The molecule has 3 heteroatoms. The van der Waals surface area contributed by atoms with Gasteiger partial charge in [0.15, 0.2) is 0 Å². The molecule has 0 atom stereocenters. The maximum Gasteiger partial charge on any atom is 0.120 e. The molecule has 0 unspecified atom stereocenters. The second-order valence-corrected chi connectivity index (χ2v) is 4.66. The van der Waals surface area contributed by atoms with Crippen LogP contribution in [0.25, 0.3) is 0 Å². The zero-order valence-electron chi connectivity index (χ0n) is 8.43. The average molecular weight is 254 g/mol. The molecule has 0 spiro atoms. The third-order valence-corrected chi connectivity index (χ3v) is 3.14. The molecule has 1 rings (SSSR count). The largest absolute Gasteiger partial charge is 0.508 e. The van der Waals surface area contributed by atoms with Gasteiger partial charge in [0.25, 0.3) is 0 Å². The maximum atomic E-state index is 9.71. The normalized spacial score (nSPS) is 11.1. The molecule has 0 bridgehead atoms. The molecule has 1 aromatic carbocycles. The summed E-state index contributed by atoms with van der Waals surface area (Å²) < 4.78 is 0.911. The fourth-order valence-electron chi connectivity index (χ4n) is 1.52. The molecule has 0 aromatic heterocycles. The zero-order valence-corrected chi connectivity index (χ0v) is 10.0. The fraction of sp³-hybridized carbons (Fsp3) is 0.364. The van der Waals surface area contributed by atoms with Crippen LogP contribution in [0.1, 0.15) is 25.0 Å². The van der Waals surface area contributed by atoms with Gasteiger partial charge in [0.05, 0.1) is 11.5 Å². The molecule has 2 nitrogen and oxygen atoms in total. The van der Waals surface area contributed by atoms with Crippen LogP contribution in [-0.2, 0) is 5.41 Å². The van der Waals surface area contributed by atoms with Gasteiger partial charge >= 0.3 is 0 Å². The SMILES string of the molecule is Cc1c(Br)ccc(O)c1C(C)(C)C#N. The van der Waals surface area contributed by atoms with E-state index in [1.54, 1.807) is 26.0 Å². The minimum absolute atomic E-state index is 0.178. The van der Waals surface area contributed by atoms with Gasteiger partial charge in [0, 0.05) is 10.0 Å². The number of halogens is 1. The molecule has 0 fully saturated rings. The summed E-state index contributed by atoms with van der Waals surface area (Å²) in [5.41, 5.74) is 0.934. The summed E-state index contributed by atoms with van der Waals surface area (Å²) in [6.07, 6.45) is 0. The quantitative estimate of drug-likeness (QED) is 0.835. The first-order valence-corrected chi connectivity index (χ1v) is 5.09. The molecule has 74 valence electrons. The van der Waals surface area contributed by atoms with Crippen molar-refractivity contribution in [3.8, 4) is 11.8 Å². The lowest BCUT2D eigenvalue weighted by Crippen LogP contribution is -2.16. The molecule has 0 aliphatic heterocycles. The van der Waals surface area contributed by atoms with Gasteiger partial charge in [-0.25, -0.2) is 0 Å². The van der Waals surface area contributed by atoms with Crippen molar-refractivity contribution in [3.63, 3.8) is 0 Å². The average Bonchev–Trinajstić information content (AvgIpc) is 2.12. The first kappa shape index (κ1) is 11.1. The third kappa shape index (κ3) is 1.76. The van der Waals surface area contributed by atoms with Crippen molar-refractivity contribution in [3.05, 3.63) is 27.7 Å². The summed E-state index contributed by atoms with van der Waals surface area (Å²) in [5, 5.41) is 18.7. The van der Waals surface area contributed by atoms with Crippen LogP contribution >= 0.6 is 15.9 Å².